The van der Waals surface area contributed by atoms with Crippen LogP contribution >= 0.6 is 0 Å². The average Bonchev–Trinajstić information content (AvgIpc) is 3.08. The lowest BCUT2D eigenvalue weighted by atomic mass is 10.3. The Bertz CT molecular complexity index is 612. The van der Waals surface area contributed by atoms with E-state index in [1.54, 1.807) is 12.3 Å². The maximum atomic E-state index is 11.9. The number of carbonyl (C=O) groups excluding carboxylic acids is 1. The third-order valence-electron chi connectivity index (χ3n) is 3.32. The number of hydrogen-bond donors (Lipinski definition) is 1. The van der Waals surface area contributed by atoms with Crippen molar-refractivity contribution in [1.29, 1.82) is 0 Å². The molecule has 7 heteroatoms. The fraction of sp³-hybridized carbons (Fsp3) is 0.357. The highest BCUT2D eigenvalue weighted by atomic mass is 16.1. The van der Waals surface area contributed by atoms with E-state index in [1.165, 1.54) is 31.4 Å². The second-order valence-electron chi connectivity index (χ2n) is 4.82. The molecule has 2 aromatic heterocycles. The molecule has 0 bridgehead atoms. The van der Waals surface area contributed by atoms with Crippen LogP contribution in [0.3, 0.4) is 0 Å². The first kappa shape index (κ1) is 13.4. The van der Waals surface area contributed by atoms with Gasteiger partial charge < -0.3 is 10.2 Å². The first-order valence-corrected chi connectivity index (χ1v) is 6.94. The number of rotatable bonds is 4. The average molecular weight is 284 g/mol. The molecule has 7 nitrogen and oxygen atoms in total. The Kier molecular flexibility index (Phi) is 3.99. The van der Waals surface area contributed by atoms with Crippen molar-refractivity contribution in [2.45, 2.75) is 19.4 Å². The Morgan fingerprint density at radius 1 is 1.19 bits per heavy atom. The summed E-state index contributed by atoms with van der Waals surface area (Å²) in [4.78, 5) is 30.7. The van der Waals surface area contributed by atoms with Gasteiger partial charge >= 0.3 is 0 Å². The van der Waals surface area contributed by atoms with Crippen LogP contribution in [0, 0.1) is 0 Å². The van der Waals surface area contributed by atoms with E-state index in [0.717, 1.165) is 24.7 Å². The van der Waals surface area contributed by atoms with Crippen LogP contribution in [0.4, 0.5) is 5.95 Å². The fourth-order valence-corrected chi connectivity index (χ4v) is 2.23. The predicted octanol–water partition coefficient (Wildman–Crippen LogP) is 0.797. The van der Waals surface area contributed by atoms with E-state index in [0.29, 0.717) is 12.2 Å². The van der Waals surface area contributed by atoms with E-state index in [2.05, 4.69) is 30.2 Å². The molecule has 1 saturated heterocycles. The normalized spacial score (nSPS) is 14.2. The maximum absolute atomic E-state index is 11.9. The van der Waals surface area contributed by atoms with Gasteiger partial charge in [-0.25, -0.2) is 15.0 Å². The number of amides is 1. The van der Waals surface area contributed by atoms with Crippen molar-refractivity contribution in [3.63, 3.8) is 0 Å². The molecule has 1 N–H and O–H groups in total. The lowest BCUT2D eigenvalue weighted by Crippen LogP contribution is -2.25. The molecule has 108 valence electrons. The molecule has 1 aliphatic heterocycles. The highest BCUT2D eigenvalue weighted by Crippen LogP contribution is 2.15. The molecule has 0 spiro atoms. The van der Waals surface area contributed by atoms with Crippen molar-refractivity contribution < 1.29 is 4.79 Å². The molecule has 0 radical (unpaired) electrons. The lowest BCUT2D eigenvalue weighted by molar-refractivity contribution is 0.0945. The van der Waals surface area contributed by atoms with Crippen LogP contribution in [0.2, 0.25) is 0 Å². The highest BCUT2D eigenvalue weighted by Gasteiger charge is 2.15. The SMILES string of the molecule is O=C(NCc1ccnc(N2CCCC2)n1)c1cnccn1. The molecule has 1 fully saturated rings. The Hall–Kier alpha value is -2.57. The quantitative estimate of drug-likeness (QED) is 0.894. The Morgan fingerprint density at radius 2 is 2.05 bits per heavy atom. The minimum absolute atomic E-state index is 0.260. The molecular formula is C14H16N6O. The molecule has 21 heavy (non-hydrogen) atoms. The minimum atomic E-state index is -0.260. The van der Waals surface area contributed by atoms with Crippen molar-refractivity contribution in [2.75, 3.05) is 18.0 Å². The van der Waals surface area contributed by atoms with Gasteiger partial charge in [-0.2, -0.15) is 0 Å². The summed E-state index contributed by atoms with van der Waals surface area (Å²) < 4.78 is 0. The molecule has 0 saturated carbocycles. The van der Waals surface area contributed by atoms with Gasteiger partial charge in [-0.15, -0.1) is 0 Å². The van der Waals surface area contributed by atoms with Crippen LogP contribution in [0.25, 0.3) is 0 Å². The van der Waals surface area contributed by atoms with E-state index in [4.69, 9.17) is 0 Å². The molecule has 1 aliphatic rings. The molecule has 0 unspecified atom stereocenters. The lowest BCUT2D eigenvalue weighted by Gasteiger charge is -2.15. The summed E-state index contributed by atoms with van der Waals surface area (Å²) in [5, 5.41) is 2.78. The van der Waals surface area contributed by atoms with E-state index < -0.39 is 0 Å². The van der Waals surface area contributed by atoms with Crippen LogP contribution in [0.5, 0.6) is 0 Å². The molecule has 0 aliphatic carbocycles. The highest BCUT2D eigenvalue weighted by molar-refractivity contribution is 5.91. The van der Waals surface area contributed by atoms with Gasteiger partial charge in [0.15, 0.2) is 0 Å². The van der Waals surface area contributed by atoms with Crippen molar-refractivity contribution in [3.05, 3.63) is 42.2 Å². The van der Waals surface area contributed by atoms with Crippen molar-refractivity contribution >= 4 is 11.9 Å². The summed E-state index contributed by atoms with van der Waals surface area (Å²) in [5.74, 6) is 0.475. The van der Waals surface area contributed by atoms with Crippen LogP contribution < -0.4 is 10.2 Å². The van der Waals surface area contributed by atoms with Gasteiger partial charge in [-0.1, -0.05) is 0 Å². The second-order valence-corrected chi connectivity index (χ2v) is 4.82. The predicted molar refractivity (Wildman–Crippen MR) is 76.7 cm³/mol. The Morgan fingerprint density at radius 3 is 2.81 bits per heavy atom. The zero-order valence-corrected chi connectivity index (χ0v) is 11.6. The molecule has 3 heterocycles. The van der Waals surface area contributed by atoms with Crippen molar-refractivity contribution in [1.82, 2.24) is 25.3 Å². The zero-order chi connectivity index (χ0) is 14.5. The smallest absolute Gasteiger partial charge is 0.271 e. The summed E-state index contributed by atoms with van der Waals surface area (Å²) in [6, 6.07) is 1.80. The standard InChI is InChI=1S/C14H16N6O/c21-13(12-10-15-5-6-16-12)18-9-11-3-4-17-14(19-11)20-7-1-2-8-20/h3-6,10H,1-2,7-9H2,(H,18,21). The van der Waals surface area contributed by atoms with E-state index in [9.17, 15) is 4.79 Å². The van der Waals surface area contributed by atoms with Gasteiger partial charge in [0, 0.05) is 31.7 Å². The third kappa shape index (κ3) is 3.31. The van der Waals surface area contributed by atoms with Gasteiger partial charge in [-0.3, -0.25) is 9.78 Å². The molecule has 1 amide bonds. The summed E-state index contributed by atoms with van der Waals surface area (Å²) in [6.07, 6.45) is 8.54. The van der Waals surface area contributed by atoms with Crippen molar-refractivity contribution in [3.8, 4) is 0 Å². The maximum Gasteiger partial charge on any atom is 0.271 e. The Labute approximate surface area is 122 Å². The number of carbonyl (C=O) groups is 1. The second kappa shape index (κ2) is 6.25. The van der Waals surface area contributed by atoms with Gasteiger partial charge in [0.2, 0.25) is 5.95 Å². The van der Waals surface area contributed by atoms with Crippen LogP contribution in [-0.4, -0.2) is 38.9 Å². The largest absolute Gasteiger partial charge is 0.345 e. The third-order valence-corrected chi connectivity index (χ3v) is 3.32. The fourth-order valence-electron chi connectivity index (χ4n) is 2.23. The first-order valence-electron chi connectivity index (χ1n) is 6.94. The number of anilines is 1. The van der Waals surface area contributed by atoms with Crippen LogP contribution in [0.15, 0.2) is 30.9 Å². The molecule has 3 rings (SSSR count). The summed E-state index contributed by atoms with van der Waals surface area (Å²) in [6.45, 7) is 2.34. The number of hydrogen-bond acceptors (Lipinski definition) is 6. The van der Waals surface area contributed by atoms with E-state index >= 15 is 0 Å². The number of nitrogens with one attached hydrogen (secondary N) is 1. The first-order chi connectivity index (χ1) is 10.3. The minimum Gasteiger partial charge on any atom is -0.345 e. The van der Waals surface area contributed by atoms with E-state index in [1.807, 2.05) is 0 Å². The molecule has 0 aromatic carbocycles. The summed E-state index contributed by atoms with van der Waals surface area (Å²) >= 11 is 0. The molecular weight excluding hydrogens is 268 g/mol. The zero-order valence-electron chi connectivity index (χ0n) is 11.6. The topological polar surface area (TPSA) is 83.9 Å². The molecule has 2 aromatic rings. The number of aromatic nitrogens is 4. The van der Waals surface area contributed by atoms with Crippen molar-refractivity contribution in [2.24, 2.45) is 0 Å². The van der Waals surface area contributed by atoms with E-state index in [-0.39, 0.29) is 5.91 Å². The van der Waals surface area contributed by atoms with Gasteiger partial charge in [0.1, 0.15) is 5.69 Å². The van der Waals surface area contributed by atoms with Gasteiger partial charge in [0.05, 0.1) is 18.4 Å². The Balaban J connectivity index is 1.63. The number of nitrogens with zero attached hydrogens (tertiary/aromatic N) is 5. The monoisotopic (exact) mass is 284 g/mol. The molecule has 0 atom stereocenters. The summed E-state index contributed by atoms with van der Waals surface area (Å²) in [7, 11) is 0. The van der Waals surface area contributed by atoms with Gasteiger partial charge in [-0.05, 0) is 18.9 Å². The van der Waals surface area contributed by atoms with Crippen LogP contribution in [0.1, 0.15) is 29.0 Å². The van der Waals surface area contributed by atoms with Crippen LogP contribution in [-0.2, 0) is 6.54 Å². The summed E-state index contributed by atoms with van der Waals surface area (Å²) in [5.41, 5.74) is 1.08. The van der Waals surface area contributed by atoms with Gasteiger partial charge in [0.25, 0.3) is 5.91 Å².